The fourth-order valence-electron chi connectivity index (χ4n) is 3.49. The zero-order valence-electron chi connectivity index (χ0n) is 19.8. The highest BCUT2D eigenvalue weighted by Crippen LogP contribution is 2.22. The molecule has 2 fully saturated rings. The first-order valence-corrected chi connectivity index (χ1v) is 12.1. The molecule has 2 aliphatic rings. The van der Waals surface area contributed by atoms with Gasteiger partial charge in [-0.2, -0.15) is 5.10 Å². The van der Waals surface area contributed by atoms with Crippen molar-refractivity contribution in [1.82, 2.24) is 15.5 Å². The van der Waals surface area contributed by atoms with E-state index >= 15 is 0 Å². The lowest BCUT2D eigenvalue weighted by atomic mass is 10.0. The van der Waals surface area contributed by atoms with Gasteiger partial charge in [-0.05, 0) is 51.3 Å². The Balaban J connectivity index is 1.48. The molecule has 2 heterocycles. The van der Waals surface area contributed by atoms with E-state index in [2.05, 4.69) is 20.8 Å². The van der Waals surface area contributed by atoms with Gasteiger partial charge in [0.1, 0.15) is 10.9 Å². The van der Waals surface area contributed by atoms with Crippen molar-refractivity contribution in [1.29, 1.82) is 0 Å². The number of hydrogen-bond donors (Lipinski definition) is 3. The Kier molecular flexibility index (Phi) is 8.49. The lowest BCUT2D eigenvalue weighted by molar-refractivity contribution is -0.138. The highest BCUT2D eigenvalue weighted by atomic mass is 32.2. The Morgan fingerprint density at radius 2 is 1.89 bits per heavy atom. The summed E-state index contributed by atoms with van der Waals surface area (Å²) in [6.07, 6.45) is 2.05. The first kappa shape index (κ1) is 26.2. The number of ether oxygens (including phenoxy) is 1. The molecule has 1 aromatic carbocycles. The van der Waals surface area contributed by atoms with Gasteiger partial charge in [0.15, 0.2) is 5.17 Å². The summed E-state index contributed by atoms with van der Waals surface area (Å²) in [6, 6.07) is 6.85. The molecule has 2 saturated heterocycles. The van der Waals surface area contributed by atoms with Gasteiger partial charge < -0.3 is 25.4 Å². The molecule has 0 aromatic heterocycles. The lowest BCUT2D eigenvalue weighted by Crippen LogP contribution is -2.47. The number of carbonyl (C=O) groups excluding carboxylic acids is 3. The summed E-state index contributed by atoms with van der Waals surface area (Å²) in [5.41, 5.74) is 0.700. The van der Waals surface area contributed by atoms with Crippen molar-refractivity contribution in [3.8, 4) is 0 Å². The molecule has 35 heavy (non-hydrogen) atoms. The third-order valence-electron chi connectivity index (χ3n) is 5.15. The van der Waals surface area contributed by atoms with E-state index in [9.17, 15) is 19.2 Å². The Morgan fingerprint density at radius 1 is 1.23 bits per heavy atom. The Labute approximate surface area is 207 Å². The maximum Gasteiger partial charge on any atom is 0.407 e. The second kappa shape index (κ2) is 11.3. The van der Waals surface area contributed by atoms with Crippen molar-refractivity contribution in [3.05, 3.63) is 35.4 Å². The summed E-state index contributed by atoms with van der Waals surface area (Å²) in [6.45, 7) is 6.50. The van der Waals surface area contributed by atoms with Crippen molar-refractivity contribution >= 4 is 47.0 Å². The molecule has 3 N–H and O–H groups in total. The summed E-state index contributed by atoms with van der Waals surface area (Å²) >= 11 is 1.02. The molecule has 0 radical (unpaired) electrons. The van der Waals surface area contributed by atoms with Crippen LogP contribution < -0.4 is 10.6 Å². The fourth-order valence-corrected chi connectivity index (χ4v) is 4.40. The average Bonchev–Trinajstić information content (AvgIpc) is 3.11. The third kappa shape index (κ3) is 8.09. The van der Waals surface area contributed by atoms with E-state index in [-0.39, 0.29) is 23.5 Å². The number of aliphatic carboxylic acids is 1. The zero-order chi connectivity index (χ0) is 25.6. The van der Waals surface area contributed by atoms with Gasteiger partial charge in [-0.15, -0.1) is 5.10 Å². The quantitative estimate of drug-likeness (QED) is 0.398. The molecular weight excluding hydrogens is 474 g/mol. The summed E-state index contributed by atoms with van der Waals surface area (Å²) in [4.78, 5) is 49.0. The molecule has 188 valence electrons. The van der Waals surface area contributed by atoms with E-state index in [4.69, 9.17) is 9.84 Å². The van der Waals surface area contributed by atoms with Gasteiger partial charge in [-0.1, -0.05) is 23.9 Å². The number of piperidine rings is 1. The minimum absolute atomic E-state index is 0.0312. The number of carboxylic acid groups (broad SMARTS) is 1. The number of amidine groups is 1. The number of likely N-dealkylation sites (tertiary alicyclic amines) is 1. The van der Waals surface area contributed by atoms with E-state index in [1.807, 2.05) is 20.8 Å². The van der Waals surface area contributed by atoms with Crippen molar-refractivity contribution < 1.29 is 29.0 Å². The molecule has 1 unspecified atom stereocenters. The molecule has 11 nitrogen and oxygen atoms in total. The first-order chi connectivity index (χ1) is 16.5. The van der Waals surface area contributed by atoms with Gasteiger partial charge in [0.2, 0.25) is 5.91 Å². The van der Waals surface area contributed by atoms with Gasteiger partial charge in [-0.3, -0.25) is 14.4 Å². The second-order valence-electron chi connectivity index (χ2n) is 9.18. The molecule has 12 heteroatoms. The number of carboxylic acids is 1. The minimum Gasteiger partial charge on any atom is -0.481 e. The number of hydrogen-bond acceptors (Lipinski definition) is 8. The second-order valence-corrected chi connectivity index (χ2v) is 10.4. The van der Waals surface area contributed by atoms with E-state index in [1.165, 1.54) is 6.21 Å². The van der Waals surface area contributed by atoms with Crippen LogP contribution in [0.3, 0.4) is 0 Å². The monoisotopic (exact) mass is 503 g/mol. The van der Waals surface area contributed by atoms with Crippen LogP contribution in [0.5, 0.6) is 0 Å². The third-order valence-corrected chi connectivity index (χ3v) is 6.22. The molecule has 2 aliphatic heterocycles. The van der Waals surface area contributed by atoms with Crippen LogP contribution in [0.4, 0.5) is 4.79 Å². The number of benzene rings is 1. The summed E-state index contributed by atoms with van der Waals surface area (Å²) in [5.74, 6) is -1.54. The lowest BCUT2D eigenvalue weighted by Gasteiger charge is -2.33. The summed E-state index contributed by atoms with van der Waals surface area (Å²) in [5, 5.41) is 21.5. The Hall–Kier alpha value is -3.41. The standard InChI is InChI=1S/C23H29N5O6S/c1-23(2,3)34-22(33)25-16-8-10-28(11-9-16)20(32)15-6-4-14(5-7-15)13-24-27-21-26-19(31)17(35-21)12-18(29)30/h4-7,13,16-17H,8-12H2,1-3H3,(H,25,33)(H,29,30)(H,26,27,31). The highest BCUT2D eigenvalue weighted by Gasteiger charge is 2.32. The molecule has 3 amide bonds. The van der Waals surface area contributed by atoms with Crippen LogP contribution in [0.25, 0.3) is 0 Å². The zero-order valence-corrected chi connectivity index (χ0v) is 20.6. The van der Waals surface area contributed by atoms with Gasteiger partial charge in [-0.25, -0.2) is 4.79 Å². The number of nitrogens with zero attached hydrogens (tertiary/aromatic N) is 3. The van der Waals surface area contributed by atoms with Crippen molar-refractivity contribution in [2.24, 2.45) is 10.2 Å². The van der Waals surface area contributed by atoms with Crippen LogP contribution in [0.1, 0.15) is 56.0 Å². The molecule has 0 aliphatic carbocycles. The van der Waals surface area contributed by atoms with E-state index in [0.717, 1.165) is 11.8 Å². The molecule has 0 spiro atoms. The number of carbonyl (C=O) groups is 4. The molecule has 1 atom stereocenters. The fraction of sp³-hybridized carbons (Fsp3) is 0.478. The van der Waals surface area contributed by atoms with E-state index in [1.54, 1.807) is 29.2 Å². The van der Waals surface area contributed by atoms with Crippen molar-refractivity contribution in [2.45, 2.75) is 56.9 Å². The molecular formula is C23H29N5O6S. The van der Waals surface area contributed by atoms with E-state index < -0.39 is 28.8 Å². The predicted molar refractivity (Wildman–Crippen MR) is 132 cm³/mol. The molecule has 0 saturated carbocycles. The topological polar surface area (TPSA) is 150 Å². The molecule has 3 rings (SSSR count). The van der Waals surface area contributed by atoms with Crippen LogP contribution in [-0.2, 0) is 14.3 Å². The van der Waals surface area contributed by atoms with Crippen molar-refractivity contribution in [3.63, 3.8) is 0 Å². The number of amides is 3. The minimum atomic E-state index is -1.06. The number of rotatable bonds is 6. The van der Waals surface area contributed by atoms with Crippen LogP contribution in [0, 0.1) is 0 Å². The van der Waals surface area contributed by atoms with Gasteiger partial charge >= 0.3 is 12.1 Å². The van der Waals surface area contributed by atoms with Gasteiger partial charge in [0, 0.05) is 24.7 Å². The largest absolute Gasteiger partial charge is 0.481 e. The number of thioether (sulfide) groups is 1. The van der Waals surface area contributed by atoms with Crippen LogP contribution >= 0.6 is 11.8 Å². The van der Waals surface area contributed by atoms with Gasteiger partial charge in [0.05, 0.1) is 12.6 Å². The summed E-state index contributed by atoms with van der Waals surface area (Å²) in [7, 11) is 0. The smallest absolute Gasteiger partial charge is 0.407 e. The molecule has 0 bridgehead atoms. The van der Waals surface area contributed by atoms with Crippen LogP contribution in [0.2, 0.25) is 0 Å². The normalized spacial score (nSPS) is 20.2. The summed E-state index contributed by atoms with van der Waals surface area (Å²) < 4.78 is 5.28. The van der Waals surface area contributed by atoms with Crippen molar-refractivity contribution in [2.75, 3.05) is 13.1 Å². The predicted octanol–water partition coefficient (Wildman–Crippen LogP) is 2.21. The Morgan fingerprint density at radius 3 is 2.49 bits per heavy atom. The Bertz CT molecular complexity index is 1030. The number of nitrogens with one attached hydrogen (secondary N) is 2. The van der Waals surface area contributed by atoms with Crippen LogP contribution in [0.15, 0.2) is 34.5 Å². The van der Waals surface area contributed by atoms with Gasteiger partial charge in [0.25, 0.3) is 5.91 Å². The molecule has 1 aromatic rings. The first-order valence-electron chi connectivity index (χ1n) is 11.2. The SMILES string of the molecule is CC(C)(C)OC(=O)NC1CCN(C(=O)c2ccc(C=NN=C3NC(=O)C(CC(=O)O)S3)cc2)CC1. The van der Waals surface area contributed by atoms with E-state index in [0.29, 0.717) is 37.1 Å². The average molecular weight is 504 g/mol. The maximum atomic E-state index is 12.8. The highest BCUT2D eigenvalue weighted by molar-refractivity contribution is 8.15. The number of alkyl carbamates (subject to hydrolysis) is 1. The van der Waals surface area contributed by atoms with Crippen LogP contribution in [-0.4, -0.2) is 75.2 Å². The maximum absolute atomic E-state index is 12.8.